The third kappa shape index (κ3) is 2.25. The minimum atomic E-state index is -0.948. The second-order valence-corrected chi connectivity index (χ2v) is 6.98. The van der Waals surface area contributed by atoms with Gasteiger partial charge in [-0.1, -0.05) is 0 Å². The van der Waals surface area contributed by atoms with E-state index in [-0.39, 0.29) is 18.9 Å². The van der Waals surface area contributed by atoms with Crippen LogP contribution < -0.4 is 4.74 Å². The highest BCUT2D eigenvalue weighted by Crippen LogP contribution is 2.45. The molecule has 1 aromatic carbocycles. The number of fused-ring (bicyclic) bond motifs is 2. The van der Waals surface area contributed by atoms with Crippen LogP contribution in [-0.4, -0.2) is 55.7 Å². The fourth-order valence-corrected chi connectivity index (χ4v) is 3.50. The fourth-order valence-electron chi connectivity index (χ4n) is 3.50. The Morgan fingerprint density at radius 3 is 2.71 bits per heavy atom. The topological polar surface area (TPSA) is 109 Å². The van der Waals surface area contributed by atoms with E-state index < -0.39 is 23.9 Å². The maximum atomic E-state index is 12.4. The first-order valence-corrected chi connectivity index (χ1v) is 7.97. The second kappa shape index (κ2) is 5.15. The van der Waals surface area contributed by atoms with Gasteiger partial charge in [-0.25, -0.2) is 4.63 Å². The van der Waals surface area contributed by atoms with Crippen LogP contribution in [0.1, 0.15) is 38.3 Å². The number of carbonyl (C=O) groups excluding carboxylic acids is 1. The Morgan fingerprint density at radius 2 is 1.96 bits per heavy atom. The average Bonchev–Trinajstić information content (AvgIpc) is 2.96. The number of hydrogen-bond donors (Lipinski definition) is 2. The van der Waals surface area contributed by atoms with Crippen LogP contribution in [0.2, 0.25) is 0 Å². The molecule has 2 aliphatic heterocycles. The molecule has 0 spiro atoms. The van der Waals surface area contributed by atoms with Crippen molar-refractivity contribution in [2.75, 3.05) is 6.54 Å². The fraction of sp³-hybridized carbons (Fsp3) is 0.562. The molecule has 1 saturated heterocycles. The molecular formula is C16H19N3O5. The van der Waals surface area contributed by atoms with Gasteiger partial charge in [0, 0.05) is 24.6 Å². The van der Waals surface area contributed by atoms with Crippen LogP contribution in [0.15, 0.2) is 16.8 Å². The summed E-state index contributed by atoms with van der Waals surface area (Å²) in [5, 5.41) is 28.5. The van der Waals surface area contributed by atoms with Gasteiger partial charge >= 0.3 is 0 Å². The van der Waals surface area contributed by atoms with Crippen LogP contribution in [0.4, 0.5) is 0 Å². The van der Waals surface area contributed by atoms with Crippen LogP contribution >= 0.6 is 0 Å². The molecule has 1 amide bonds. The lowest BCUT2D eigenvalue weighted by molar-refractivity contribution is -0.152. The van der Waals surface area contributed by atoms with Crippen molar-refractivity contribution in [3.63, 3.8) is 0 Å². The Kier molecular flexibility index (Phi) is 3.29. The van der Waals surface area contributed by atoms with Crippen molar-refractivity contribution >= 4 is 16.9 Å². The summed E-state index contributed by atoms with van der Waals surface area (Å²) in [6, 6.07) is 2.80. The summed E-state index contributed by atoms with van der Waals surface area (Å²) in [6.07, 6.45) is -0.843. The van der Waals surface area contributed by atoms with Gasteiger partial charge < -0.3 is 19.8 Å². The first kappa shape index (κ1) is 15.3. The molecule has 24 heavy (non-hydrogen) atoms. The van der Waals surface area contributed by atoms with Crippen LogP contribution in [0.3, 0.4) is 0 Å². The summed E-state index contributed by atoms with van der Waals surface area (Å²) in [5.74, 6) is 0.442. The zero-order valence-corrected chi connectivity index (χ0v) is 13.5. The number of aliphatic hydroxyl groups excluding tert-OH is 2. The summed E-state index contributed by atoms with van der Waals surface area (Å²) < 4.78 is 10.7. The number of aromatic nitrogens is 2. The maximum Gasteiger partial charge on any atom is 0.223 e. The van der Waals surface area contributed by atoms with Gasteiger partial charge in [0.1, 0.15) is 28.5 Å². The van der Waals surface area contributed by atoms with Gasteiger partial charge in [-0.15, -0.1) is 0 Å². The van der Waals surface area contributed by atoms with E-state index in [1.54, 1.807) is 30.9 Å². The summed E-state index contributed by atoms with van der Waals surface area (Å²) in [4.78, 5) is 14.0. The van der Waals surface area contributed by atoms with Gasteiger partial charge in [0.05, 0.1) is 12.1 Å². The van der Waals surface area contributed by atoms with Crippen molar-refractivity contribution < 1.29 is 24.4 Å². The van der Waals surface area contributed by atoms with Crippen molar-refractivity contribution in [2.24, 2.45) is 0 Å². The molecular weight excluding hydrogens is 314 g/mol. The van der Waals surface area contributed by atoms with E-state index in [0.29, 0.717) is 28.8 Å². The van der Waals surface area contributed by atoms with Crippen molar-refractivity contribution in [1.82, 2.24) is 15.2 Å². The van der Waals surface area contributed by atoms with Crippen LogP contribution in [0.25, 0.3) is 11.0 Å². The van der Waals surface area contributed by atoms with Crippen LogP contribution in [0, 0.1) is 0 Å². The van der Waals surface area contributed by atoms with Gasteiger partial charge in [0.25, 0.3) is 0 Å². The van der Waals surface area contributed by atoms with E-state index in [1.807, 2.05) is 0 Å². The van der Waals surface area contributed by atoms with Crippen molar-refractivity contribution in [2.45, 2.75) is 50.5 Å². The highest BCUT2D eigenvalue weighted by atomic mass is 16.6. The van der Waals surface area contributed by atoms with E-state index in [4.69, 9.17) is 9.37 Å². The maximum absolute atomic E-state index is 12.4. The average molecular weight is 333 g/mol. The summed E-state index contributed by atoms with van der Waals surface area (Å²) in [7, 11) is 0. The normalized spacial score (nSPS) is 29.4. The molecule has 0 bridgehead atoms. The lowest BCUT2D eigenvalue weighted by Crippen LogP contribution is -2.57. The molecule has 0 saturated carbocycles. The Bertz CT molecular complexity index is 802. The SMILES string of the molecule is CC1(C)Oc2cc3nonc3cc2C(N2C[C@H](O)CCC2=O)C1O. The van der Waals surface area contributed by atoms with Crippen LogP contribution in [0.5, 0.6) is 5.75 Å². The highest BCUT2D eigenvalue weighted by molar-refractivity contribution is 5.80. The molecule has 128 valence electrons. The molecule has 1 aromatic heterocycles. The highest BCUT2D eigenvalue weighted by Gasteiger charge is 2.48. The van der Waals surface area contributed by atoms with E-state index >= 15 is 0 Å². The largest absolute Gasteiger partial charge is 0.485 e. The van der Waals surface area contributed by atoms with Crippen molar-refractivity contribution in [1.29, 1.82) is 0 Å². The van der Waals surface area contributed by atoms with Gasteiger partial charge in [0.2, 0.25) is 5.91 Å². The quantitative estimate of drug-likeness (QED) is 0.793. The Labute approximate surface area is 138 Å². The number of hydrogen-bond acceptors (Lipinski definition) is 7. The minimum absolute atomic E-state index is 0.0913. The predicted molar refractivity (Wildman–Crippen MR) is 82.2 cm³/mol. The number of piperidine rings is 1. The number of aliphatic hydroxyl groups is 2. The standard InChI is InChI=1S/C16H19N3O5/c1-16(2)15(22)14(19-7-8(20)3-4-13(19)21)9-5-10-11(18-24-17-10)6-12(9)23-16/h5-6,8,14-15,20,22H,3-4,7H2,1-2H3/t8-,14?,15?/m1/s1. The molecule has 2 N–H and O–H groups in total. The summed E-state index contributed by atoms with van der Waals surface area (Å²) in [5.41, 5.74) is 0.821. The van der Waals surface area contributed by atoms with Gasteiger partial charge in [-0.05, 0) is 36.6 Å². The third-order valence-electron chi connectivity index (χ3n) is 4.84. The number of likely N-dealkylation sites (tertiary alicyclic amines) is 1. The Balaban J connectivity index is 1.86. The molecule has 4 rings (SSSR count). The molecule has 2 aromatic rings. The number of nitrogens with zero attached hydrogens (tertiary/aromatic N) is 3. The smallest absolute Gasteiger partial charge is 0.223 e. The minimum Gasteiger partial charge on any atom is -0.485 e. The summed E-state index contributed by atoms with van der Waals surface area (Å²) >= 11 is 0. The third-order valence-corrected chi connectivity index (χ3v) is 4.84. The van der Waals surface area contributed by atoms with Gasteiger partial charge in [-0.2, -0.15) is 0 Å². The van der Waals surface area contributed by atoms with E-state index in [1.165, 1.54) is 0 Å². The number of carbonyl (C=O) groups is 1. The van der Waals surface area contributed by atoms with Crippen molar-refractivity contribution in [3.05, 3.63) is 17.7 Å². The lowest BCUT2D eigenvalue weighted by atomic mass is 9.84. The van der Waals surface area contributed by atoms with Crippen LogP contribution in [-0.2, 0) is 4.79 Å². The molecule has 1 fully saturated rings. The molecule has 2 aliphatic rings. The zero-order chi connectivity index (χ0) is 17.1. The molecule has 3 atom stereocenters. The molecule has 2 unspecified atom stereocenters. The number of benzene rings is 1. The van der Waals surface area contributed by atoms with E-state index in [9.17, 15) is 15.0 Å². The Morgan fingerprint density at radius 1 is 1.25 bits per heavy atom. The van der Waals surface area contributed by atoms with E-state index in [2.05, 4.69) is 10.3 Å². The molecule has 0 aliphatic carbocycles. The molecule has 8 nitrogen and oxygen atoms in total. The van der Waals surface area contributed by atoms with Gasteiger partial charge in [-0.3, -0.25) is 4.79 Å². The first-order valence-electron chi connectivity index (χ1n) is 7.97. The van der Waals surface area contributed by atoms with E-state index in [0.717, 1.165) is 0 Å². The number of amides is 1. The Hall–Kier alpha value is -2.19. The number of β-amino-alcohol motifs (C(OH)–C–C–N with tert-alkyl or cyclic N) is 1. The first-order chi connectivity index (χ1) is 11.4. The number of ether oxygens (including phenoxy) is 1. The zero-order valence-electron chi connectivity index (χ0n) is 13.5. The molecule has 0 radical (unpaired) electrons. The lowest BCUT2D eigenvalue weighted by Gasteiger charge is -2.47. The second-order valence-electron chi connectivity index (χ2n) is 6.98. The van der Waals surface area contributed by atoms with Gasteiger partial charge in [0.15, 0.2) is 0 Å². The number of rotatable bonds is 1. The monoisotopic (exact) mass is 333 g/mol. The molecule has 3 heterocycles. The predicted octanol–water partition coefficient (Wildman–Crippen LogP) is 0.779. The van der Waals surface area contributed by atoms with Crippen molar-refractivity contribution in [3.8, 4) is 5.75 Å². The summed E-state index contributed by atoms with van der Waals surface area (Å²) in [6.45, 7) is 3.72. The molecule has 8 heteroatoms.